The molecular weight excluding hydrogens is 360 g/mol. The normalized spacial score (nSPS) is 25.7. The molecule has 1 N–H and O–H groups in total. The Hall–Kier alpha value is -2.69. The zero-order chi connectivity index (χ0) is 19.8. The van der Waals surface area contributed by atoms with Crippen LogP contribution in [-0.2, 0) is 4.79 Å². The van der Waals surface area contributed by atoms with Crippen LogP contribution in [-0.4, -0.2) is 35.4 Å². The molecule has 0 bridgehead atoms. The van der Waals surface area contributed by atoms with Crippen molar-refractivity contribution >= 4 is 17.3 Å². The Bertz CT molecular complexity index is 963. The number of carbonyl (C=O) groups is 1. The van der Waals surface area contributed by atoms with Crippen molar-refractivity contribution in [2.75, 3.05) is 29.9 Å². The summed E-state index contributed by atoms with van der Waals surface area (Å²) < 4.78 is 0. The summed E-state index contributed by atoms with van der Waals surface area (Å²) in [5.74, 6) is 0.846. The van der Waals surface area contributed by atoms with Crippen LogP contribution < -0.4 is 10.2 Å². The van der Waals surface area contributed by atoms with Gasteiger partial charge in [0, 0.05) is 36.3 Å². The van der Waals surface area contributed by atoms with Gasteiger partial charge in [-0.15, -0.1) is 0 Å². The number of nitrogens with one attached hydrogen (secondary N) is 1. The molecule has 5 nitrogen and oxygen atoms in total. The number of aromatic nitrogens is 2. The highest BCUT2D eigenvalue weighted by molar-refractivity contribution is 5.93. The van der Waals surface area contributed by atoms with Crippen LogP contribution >= 0.6 is 0 Å². The molecule has 1 aromatic heterocycles. The van der Waals surface area contributed by atoms with Gasteiger partial charge >= 0.3 is 0 Å². The highest BCUT2D eigenvalue weighted by Gasteiger charge is 2.42. The average Bonchev–Trinajstić information content (AvgIpc) is 3.43. The zero-order valence-corrected chi connectivity index (χ0v) is 17.0. The van der Waals surface area contributed by atoms with Gasteiger partial charge in [-0.05, 0) is 44.2 Å². The lowest BCUT2D eigenvalue weighted by molar-refractivity contribution is -0.129. The number of Topliss-reactive ketones (excluding diaryl/α,β-unsaturated/α-hetero) is 1. The van der Waals surface area contributed by atoms with Crippen LogP contribution in [0.4, 0.5) is 11.5 Å². The fraction of sp³-hybridized carbons (Fsp3) is 0.458. The second kappa shape index (κ2) is 7.29. The van der Waals surface area contributed by atoms with Crippen molar-refractivity contribution in [3.63, 3.8) is 0 Å². The third-order valence-corrected chi connectivity index (χ3v) is 6.73. The summed E-state index contributed by atoms with van der Waals surface area (Å²) in [6.07, 6.45) is 11.4. The molecule has 2 aliphatic heterocycles. The maximum atomic E-state index is 13.4. The molecular formula is C24H28N4O. The van der Waals surface area contributed by atoms with Crippen molar-refractivity contribution in [2.24, 2.45) is 5.41 Å². The van der Waals surface area contributed by atoms with Crippen molar-refractivity contribution in [1.82, 2.24) is 9.97 Å². The number of carbonyl (C=O) groups excluding carboxylic acids is 1. The van der Waals surface area contributed by atoms with Crippen molar-refractivity contribution in [3.05, 3.63) is 48.3 Å². The Morgan fingerprint density at radius 3 is 2.90 bits per heavy atom. The first kappa shape index (κ1) is 18.3. The minimum atomic E-state index is -0.296. The molecule has 1 aromatic carbocycles. The molecule has 1 saturated heterocycles. The van der Waals surface area contributed by atoms with Gasteiger partial charge in [-0.25, -0.2) is 9.97 Å². The fourth-order valence-corrected chi connectivity index (χ4v) is 4.88. The quantitative estimate of drug-likeness (QED) is 0.778. The molecule has 0 amide bonds. The lowest BCUT2D eigenvalue weighted by atomic mass is 9.71. The predicted molar refractivity (Wildman–Crippen MR) is 116 cm³/mol. The fourth-order valence-electron chi connectivity index (χ4n) is 4.88. The van der Waals surface area contributed by atoms with E-state index in [0.29, 0.717) is 12.3 Å². The number of hydrogen-bond donors (Lipinski definition) is 1. The van der Waals surface area contributed by atoms with E-state index in [2.05, 4.69) is 58.5 Å². The lowest BCUT2D eigenvalue weighted by Crippen LogP contribution is -2.34. The number of hydrogen-bond acceptors (Lipinski definition) is 5. The third-order valence-electron chi connectivity index (χ3n) is 6.73. The zero-order valence-electron chi connectivity index (χ0n) is 17.0. The molecule has 0 spiro atoms. The molecule has 29 heavy (non-hydrogen) atoms. The SMILES string of the molecule is CC1(C(=O)C2CNc3ncc(-c4cccc(N5CCCC5)c4)nc32)CC=CCC1. The summed E-state index contributed by atoms with van der Waals surface area (Å²) in [4.78, 5) is 25.4. The first-order valence-corrected chi connectivity index (χ1v) is 10.8. The Labute approximate surface area is 172 Å². The molecule has 1 aliphatic carbocycles. The molecule has 2 aromatic rings. The standard InChI is InChI=1S/C24H28N4O/c1-24(10-3-2-4-11-24)22(29)19-15-25-23-21(19)27-20(16-26-23)17-8-7-9-18(14-17)28-12-5-6-13-28/h2-3,7-9,14,16,19H,4-6,10-13,15H2,1H3,(H,25,26). The molecule has 0 saturated carbocycles. The molecule has 0 radical (unpaired) electrons. The van der Waals surface area contributed by atoms with Crippen LogP contribution in [0.2, 0.25) is 0 Å². The van der Waals surface area contributed by atoms with E-state index in [1.807, 2.05) is 6.20 Å². The van der Waals surface area contributed by atoms with E-state index in [1.54, 1.807) is 0 Å². The Balaban J connectivity index is 1.45. The van der Waals surface area contributed by atoms with E-state index in [0.717, 1.165) is 55.1 Å². The number of ketones is 1. The second-order valence-electron chi connectivity index (χ2n) is 8.81. The van der Waals surface area contributed by atoms with E-state index in [9.17, 15) is 4.79 Å². The second-order valence-corrected chi connectivity index (χ2v) is 8.81. The molecule has 2 unspecified atom stereocenters. The van der Waals surface area contributed by atoms with Gasteiger partial charge in [0.2, 0.25) is 0 Å². The Morgan fingerprint density at radius 2 is 2.10 bits per heavy atom. The molecule has 3 heterocycles. The summed E-state index contributed by atoms with van der Waals surface area (Å²) in [7, 11) is 0. The maximum Gasteiger partial charge on any atom is 0.150 e. The smallest absolute Gasteiger partial charge is 0.150 e. The number of allylic oxidation sites excluding steroid dienone is 2. The average molecular weight is 389 g/mol. The van der Waals surface area contributed by atoms with Gasteiger partial charge in [0.05, 0.1) is 23.5 Å². The van der Waals surface area contributed by atoms with Crippen LogP contribution in [0, 0.1) is 5.41 Å². The van der Waals surface area contributed by atoms with Gasteiger partial charge in [-0.2, -0.15) is 0 Å². The van der Waals surface area contributed by atoms with Crippen LogP contribution in [0.15, 0.2) is 42.6 Å². The van der Waals surface area contributed by atoms with Crippen LogP contribution in [0.3, 0.4) is 0 Å². The summed E-state index contributed by atoms with van der Waals surface area (Å²) in [5.41, 5.74) is 3.68. The van der Waals surface area contributed by atoms with Crippen molar-refractivity contribution in [1.29, 1.82) is 0 Å². The minimum absolute atomic E-state index is 0.212. The molecule has 5 rings (SSSR count). The summed E-state index contributed by atoms with van der Waals surface area (Å²) in [6.45, 7) is 4.94. The van der Waals surface area contributed by atoms with Crippen molar-refractivity contribution in [2.45, 2.75) is 44.9 Å². The molecule has 5 heteroatoms. The van der Waals surface area contributed by atoms with E-state index >= 15 is 0 Å². The monoisotopic (exact) mass is 388 g/mol. The van der Waals surface area contributed by atoms with Crippen molar-refractivity contribution < 1.29 is 4.79 Å². The summed E-state index contributed by atoms with van der Waals surface area (Å²) in [6, 6.07) is 8.55. The number of rotatable bonds is 4. The van der Waals surface area contributed by atoms with Crippen molar-refractivity contribution in [3.8, 4) is 11.3 Å². The molecule has 150 valence electrons. The molecule has 1 fully saturated rings. The predicted octanol–water partition coefficient (Wildman–Crippen LogP) is 4.57. The Morgan fingerprint density at radius 1 is 1.24 bits per heavy atom. The lowest BCUT2D eigenvalue weighted by Gasteiger charge is -2.31. The first-order valence-electron chi connectivity index (χ1n) is 10.8. The highest BCUT2D eigenvalue weighted by Crippen LogP contribution is 2.41. The topological polar surface area (TPSA) is 58.1 Å². The maximum absolute atomic E-state index is 13.4. The van der Waals surface area contributed by atoms with Gasteiger partial charge in [0.15, 0.2) is 0 Å². The Kier molecular flexibility index (Phi) is 4.61. The van der Waals surface area contributed by atoms with Gasteiger partial charge in [0.1, 0.15) is 11.6 Å². The van der Waals surface area contributed by atoms with Gasteiger partial charge in [0.25, 0.3) is 0 Å². The number of nitrogens with zero attached hydrogens (tertiary/aromatic N) is 3. The summed E-state index contributed by atoms with van der Waals surface area (Å²) >= 11 is 0. The van der Waals surface area contributed by atoms with E-state index in [-0.39, 0.29) is 11.3 Å². The van der Waals surface area contributed by atoms with Gasteiger partial charge in [-0.1, -0.05) is 31.2 Å². The first-order chi connectivity index (χ1) is 14.1. The van der Waals surface area contributed by atoms with E-state index < -0.39 is 0 Å². The van der Waals surface area contributed by atoms with E-state index in [4.69, 9.17) is 4.98 Å². The largest absolute Gasteiger partial charge is 0.372 e. The molecule has 3 aliphatic rings. The number of anilines is 2. The van der Waals surface area contributed by atoms with Crippen LogP contribution in [0.5, 0.6) is 0 Å². The summed E-state index contributed by atoms with van der Waals surface area (Å²) in [5, 5.41) is 3.30. The van der Waals surface area contributed by atoms with Crippen LogP contribution in [0.25, 0.3) is 11.3 Å². The highest BCUT2D eigenvalue weighted by atomic mass is 16.1. The molecule has 2 atom stereocenters. The number of benzene rings is 1. The van der Waals surface area contributed by atoms with Crippen LogP contribution in [0.1, 0.15) is 50.6 Å². The minimum Gasteiger partial charge on any atom is -0.372 e. The third kappa shape index (κ3) is 3.33. The number of fused-ring (bicyclic) bond motifs is 1. The van der Waals surface area contributed by atoms with Gasteiger partial charge in [-0.3, -0.25) is 4.79 Å². The van der Waals surface area contributed by atoms with Gasteiger partial charge < -0.3 is 10.2 Å². The van der Waals surface area contributed by atoms with E-state index in [1.165, 1.54) is 18.5 Å².